The fraction of sp³-hybridized carbons (Fsp3) is 0.0385. The van der Waals surface area contributed by atoms with Crippen molar-refractivity contribution in [2.24, 2.45) is 0 Å². The molecule has 4 rings (SSSR count). The fourth-order valence-corrected chi connectivity index (χ4v) is 4.79. The third kappa shape index (κ3) is 5.70. The van der Waals surface area contributed by atoms with Crippen LogP contribution >= 0.6 is 23.2 Å². The molecule has 0 atom stereocenters. The predicted molar refractivity (Wildman–Crippen MR) is 141 cm³/mol. The largest absolute Gasteiger partial charge is 0.495 e. The molecule has 0 bridgehead atoms. The molecular weight excluding hydrogens is 554 g/mol. The number of amides is 1. The van der Waals surface area contributed by atoms with Gasteiger partial charge in [-0.25, -0.2) is 22.2 Å². The molecule has 0 radical (unpaired) electrons. The Labute approximate surface area is 227 Å². The number of halogens is 3. The number of ether oxygens (including phenoxy) is 1. The summed E-state index contributed by atoms with van der Waals surface area (Å²) in [7, 11) is -2.76. The van der Waals surface area contributed by atoms with Crippen molar-refractivity contribution in [2.45, 2.75) is 4.90 Å². The lowest BCUT2D eigenvalue weighted by atomic mass is 10.1. The smallest absolute Gasteiger partial charge is 0.275 e. The Morgan fingerprint density at radius 1 is 1.11 bits per heavy atom. The minimum absolute atomic E-state index is 0.101. The minimum Gasteiger partial charge on any atom is -0.495 e. The van der Waals surface area contributed by atoms with Crippen molar-refractivity contribution in [3.8, 4) is 28.8 Å². The number of nitrogens with zero attached hydrogens (tertiary/aromatic N) is 3. The van der Waals surface area contributed by atoms with Gasteiger partial charge in [0.25, 0.3) is 15.9 Å². The maximum Gasteiger partial charge on any atom is 0.275 e. The molecule has 12 heteroatoms. The minimum atomic E-state index is -4.23. The van der Waals surface area contributed by atoms with E-state index in [-0.39, 0.29) is 21.2 Å². The molecule has 0 unspecified atom stereocenters. The normalized spacial score (nSPS) is 11.6. The Balaban J connectivity index is 1.79. The van der Waals surface area contributed by atoms with Crippen LogP contribution in [0.5, 0.6) is 5.75 Å². The number of rotatable bonds is 7. The van der Waals surface area contributed by atoms with Gasteiger partial charge in [0, 0.05) is 17.3 Å². The molecule has 4 aromatic rings. The van der Waals surface area contributed by atoms with Crippen LogP contribution in [0.3, 0.4) is 0 Å². The standard InChI is InChI=1S/C26H17Cl2FN4O4S/c1-37-24-10-8-19(13-22(24)28)33-15-18(25(31-33)16-7-9-21(27)23(29)12-16)11-17(14-30)26(34)32-38(35,36)20-5-3-2-4-6-20/h2-13,15H,1H3,(H,32,34)/b17-11+. The Morgan fingerprint density at radius 3 is 2.47 bits per heavy atom. The number of nitriles is 1. The van der Waals surface area contributed by atoms with Gasteiger partial charge in [-0.1, -0.05) is 47.5 Å². The van der Waals surface area contributed by atoms with E-state index in [2.05, 4.69) is 5.10 Å². The van der Waals surface area contributed by atoms with Crippen molar-refractivity contribution in [3.05, 3.63) is 99.9 Å². The number of sulfonamides is 1. The van der Waals surface area contributed by atoms with E-state index in [4.69, 9.17) is 27.9 Å². The number of nitrogens with one attached hydrogen (secondary N) is 1. The lowest BCUT2D eigenvalue weighted by Crippen LogP contribution is -2.31. The molecule has 1 heterocycles. The molecule has 0 spiro atoms. The molecule has 0 saturated carbocycles. The van der Waals surface area contributed by atoms with Gasteiger partial charge in [-0.3, -0.25) is 4.79 Å². The van der Waals surface area contributed by atoms with Gasteiger partial charge in [0.2, 0.25) is 0 Å². The monoisotopic (exact) mass is 570 g/mol. The molecule has 0 aliphatic heterocycles. The number of hydrogen-bond donors (Lipinski definition) is 1. The Morgan fingerprint density at radius 2 is 1.84 bits per heavy atom. The van der Waals surface area contributed by atoms with Crippen LogP contribution in [0.25, 0.3) is 23.0 Å². The highest BCUT2D eigenvalue weighted by molar-refractivity contribution is 7.90. The van der Waals surface area contributed by atoms with Crippen LogP contribution in [-0.2, 0) is 14.8 Å². The summed E-state index contributed by atoms with van der Waals surface area (Å²) in [5.74, 6) is -1.41. The van der Waals surface area contributed by atoms with Crippen LogP contribution in [0.4, 0.5) is 4.39 Å². The van der Waals surface area contributed by atoms with Crippen molar-refractivity contribution < 1.29 is 22.3 Å². The van der Waals surface area contributed by atoms with E-state index in [9.17, 15) is 22.9 Å². The molecular formula is C26H17Cl2FN4O4S. The molecule has 0 fully saturated rings. The quantitative estimate of drug-likeness (QED) is 0.235. The summed E-state index contributed by atoms with van der Waals surface area (Å²) in [6.07, 6.45) is 2.64. The van der Waals surface area contributed by atoms with E-state index < -0.39 is 27.3 Å². The average Bonchev–Trinajstić information content (AvgIpc) is 3.33. The maximum atomic E-state index is 14.3. The van der Waals surface area contributed by atoms with Crippen LogP contribution in [0.1, 0.15) is 5.56 Å². The first kappa shape index (κ1) is 26.9. The molecule has 192 valence electrons. The van der Waals surface area contributed by atoms with Crippen LogP contribution in [0.15, 0.2) is 83.4 Å². The lowest BCUT2D eigenvalue weighted by molar-refractivity contribution is -0.115. The van der Waals surface area contributed by atoms with Gasteiger partial charge in [0.1, 0.15) is 28.9 Å². The first-order chi connectivity index (χ1) is 18.1. The molecule has 0 saturated heterocycles. The number of aromatic nitrogens is 2. The molecule has 8 nitrogen and oxygen atoms in total. The van der Waals surface area contributed by atoms with Gasteiger partial charge in [-0.2, -0.15) is 10.4 Å². The summed E-state index contributed by atoms with van der Waals surface area (Å²) in [6.45, 7) is 0. The highest BCUT2D eigenvalue weighted by atomic mass is 35.5. The van der Waals surface area contributed by atoms with E-state index in [1.165, 1.54) is 54.4 Å². The summed E-state index contributed by atoms with van der Waals surface area (Å²) < 4.78 is 47.9. The van der Waals surface area contributed by atoms with E-state index in [0.717, 1.165) is 12.1 Å². The Bertz CT molecular complexity index is 1720. The summed E-state index contributed by atoms with van der Waals surface area (Å²) >= 11 is 12.1. The van der Waals surface area contributed by atoms with E-state index in [1.54, 1.807) is 30.3 Å². The van der Waals surface area contributed by atoms with Crippen molar-refractivity contribution >= 4 is 45.2 Å². The van der Waals surface area contributed by atoms with E-state index in [1.807, 2.05) is 4.72 Å². The fourth-order valence-electron chi connectivity index (χ4n) is 3.43. The second-order valence-corrected chi connectivity index (χ2v) is 10.2. The Kier molecular flexibility index (Phi) is 7.83. The highest BCUT2D eigenvalue weighted by Crippen LogP contribution is 2.31. The summed E-state index contributed by atoms with van der Waals surface area (Å²) in [5.41, 5.74) is 0.695. The lowest BCUT2D eigenvalue weighted by Gasteiger charge is -2.06. The number of hydrogen-bond acceptors (Lipinski definition) is 6. The van der Waals surface area contributed by atoms with Crippen LogP contribution in [0, 0.1) is 17.1 Å². The van der Waals surface area contributed by atoms with Crippen LogP contribution < -0.4 is 9.46 Å². The number of methoxy groups -OCH3 is 1. The van der Waals surface area contributed by atoms with Crippen LogP contribution in [-0.4, -0.2) is 31.2 Å². The summed E-state index contributed by atoms with van der Waals surface area (Å²) in [6, 6.07) is 17.8. The first-order valence-electron chi connectivity index (χ1n) is 10.8. The van der Waals surface area contributed by atoms with Crippen LogP contribution in [0.2, 0.25) is 10.0 Å². The van der Waals surface area contributed by atoms with Crippen molar-refractivity contribution in [3.63, 3.8) is 0 Å². The number of carbonyl (C=O) groups is 1. The first-order valence-corrected chi connectivity index (χ1v) is 13.0. The average molecular weight is 571 g/mol. The van der Waals surface area contributed by atoms with E-state index in [0.29, 0.717) is 22.0 Å². The maximum absolute atomic E-state index is 14.3. The molecule has 0 aliphatic carbocycles. The van der Waals surface area contributed by atoms with Crippen molar-refractivity contribution in [1.82, 2.24) is 14.5 Å². The predicted octanol–water partition coefficient (Wildman–Crippen LogP) is 5.41. The van der Waals surface area contributed by atoms with Crippen molar-refractivity contribution in [1.29, 1.82) is 5.26 Å². The highest BCUT2D eigenvalue weighted by Gasteiger charge is 2.22. The topological polar surface area (TPSA) is 114 Å². The number of benzene rings is 3. The third-order valence-corrected chi connectivity index (χ3v) is 7.23. The van der Waals surface area contributed by atoms with Gasteiger partial charge in [0.05, 0.1) is 27.7 Å². The van der Waals surface area contributed by atoms with Gasteiger partial charge in [0.15, 0.2) is 0 Å². The van der Waals surface area contributed by atoms with E-state index >= 15 is 0 Å². The SMILES string of the molecule is COc1ccc(-n2cc(/C=C(\C#N)C(=O)NS(=O)(=O)c3ccccc3)c(-c3ccc(Cl)c(F)c3)n2)cc1Cl. The summed E-state index contributed by atoms with van der Waals surface area (Å²) in [4.78, 5) is 12.6. The van der Waals surface area contributed by atoms with Crippen molar-refractivity contribution in [2.75, 3.05) is 7.11 Å². The zero-order valence-corrected chi connectivity index (χ0v) is 21.9. The molecule has 1 amide bonds. The zero-order valence-electron chi connectivity index (χ0n) is 19.5. The molecule has 0 aliphatic rings. The summed E-state index contributed by atoms with van der Waals surface area (Å²) in [5, 5.41) is 14.4. The van der Waals surface area contributed by atoms with Gasteiger partial charge >= 0.3 is 0 Å². The molecule has 1 N–H and O–H groups in total. The van der Waals surface area contributed by atoms with Gasteiger partial charge in [-0.05, 0) is 48.5 Å². The Hall–Kier alpha value is -4.17. The third-order valence-electron chi connectivity index (χ3n) is 5.28. The molecule has 38 heavy (non-hydrogen) atoms. The van der Waals surface area contributed by atoms with Gasteiger partial charge < -0.3 is 4.74 Å². The second kappa shape index (κ2) is 11.1. The molecule has 3 aromatic carbocycles. The van der Waals surface area contributed by atoms with Gasteiger partial charge in [-0.15, -0.1) is 0 Å². The zero-order chi connectivity index (χ0) is 27.4. The number of carbonyl (C=O) groups excluding carboxylic acids is 1. The second-order valence-electron chi connectivity index (χ2n) is 7.74. The molecule has 1 aromatic heterocycles.